The predicted octanol–water partition coefficient (Wildman–Crippen LogP) is 4.89. The van der Waals surface area contributed by atoms with E-state index in [2.05, 4.69) is 10.6 Å². The highest BCUT2D eigenvalue weighted by Crippen LogP contribution is 2.30. The predicted molar refractivity (Wildman–Crippen MR) is 96.6 cm³/mol. The van der Waals surface area contributed by atoms with E-state index in [1.54, 1.807) is 43.5 Å². The Morgan fingerprint density at radius 3 is 2.38 bits per heavy atom. The molecule has 0 saturated carbocycles. The Morgan fingerprint density at radius 2 is 1.75 bits per heavy atom. The average Bonchev–Trinajstić information content (AvgIpc) is 2.54. The zero-order valence-electron chi connectivity index (χ0n) is 13.5. The largest absolute Gasteiger partial charge is 0.493 e. The Bertz CT molecular complexity index is 738. The second kappa shape index (κ2) is 8.13. The van der Waals surface area contributed by atoms with E-state index in [9.17, 15) is 4.79 Å². The maximum atomic E-state index is 12.2. The molecule has 24 heavy (non-hydrogen) atoms. The lowest BCUT2D eigenvalue weighted by molar-refractivity contribution is 0.249. The average molecular weight is 369 g/mol. The van der Waals surface area contributed by atoms with Gasteiger partial charge >= 0.3 is 6.03 Å². The van der Waals surface area contributed by atoms with Gasteiger partial charge in [0.15, 0.2) is 11.5 Å². The van der Waals surface area contributed by atoms with Crippen LogP contribution in [0.3, 0.4) is 0 Å². The summed E-state index contributed by atoms with van der Waals surface area (Å²) in [5, 5.41) is 6.61. The fourth-order valence-corrected chi connectivity index (χ4v) is 2.78. The van der Waals surface area contributed by atoms with Crippen molar-refractivity contribution >= 4 is 34.9 Å². The molecule has 0 bridgehead atoms. The summed E-state index contributed by atoms with van der Waals surface area (Å²) >= 11 is 12.0. The van der Waals surface area contributed by atoms with Gasteiger partial charge < -0.3 is 20.1 Å². The van der Waals surface area contributed by atoms with Crippen LogP contribution in [-0.4, -0.2) is 20.3 Å². The second-order valence-corrected chi connectivity index (χ2v) is 5.90. The third-order valence-electron chi connectivity index (χ3n) is 3.42. The number of halogens is 2. The standard InChI is InChI=1S/C17H18Cl2N2O3/c1-10(13-6-4-11(18)8-14(13)19)20-17(22)21-12-5-7-15(23-2)16(9-12)24-3/h4-10H,1-3H3,(H2,20,21,22). The number of rotatable bonds is 5. The van der Waals surface area contributed by atoms with E-state index in [0.29, 0.717) is 27.2 Å². The molecule has 0 spiro atoms. The minimum absolute atomic E-state index is 0.282. The highest BCUT2D eigenvalue weighted by atomic mass is 35.5. The Labute approximate surface area is 150 Å². The van der Waals surface area contributed by atoms with Crippen molar-refractivity contribution in [1.29, 1.82) is 0 Å². The molecule has 0 saturated heterocycles. The molecule has 0 aromatic heterocycles. The number of anilines is 1. The maximum Gasteiger partial charge on any atom is 0.319 e. The van der Waals surface area contributed by atoms with Crippen LogP contribution in [0.5, 0.6) is 11.5 Å². The second-order valence-electron chi connectivity index (χ2n) is 5.06. The van der Waals surface area contributed by atoms with E-state index in [0.717, 1.165) is 5.56 Å². The van der Waals surface area contributed by atoms with Crippen molar-refractivity contribution in [1.82, 2.24) is 5.32 Å². The molecule has 0 aliphatic heterocycles. The number of carbonyl (C=O) groups is 1. The van der Waals surface area contributed by atoms with Crippen LogP contribution in [0.4, 0.5) is 10.5 Å². The van der Waals surface area contributed by atoms with Crippen LogP contribution in [0.1, 0.15) is 18.5 Å². The molecular weight excluding hydrogens is 351 g/mol. The quantitative estimate of drug-likeness (QED) is 0.789. The van der Waals surface area contributed by atoms with Crippen LogP contribution in [0, 0.1) is 0 Å². The molecular formula is C17H18Cl2N2O3. The van der Waals surface area contributed by atoms with Gasteiger partial charge in [-0.15, -0.1) is 0 Å². The highest BCUT2D eigenvalue weighted by molar-refractivity contribution is 6.35. The normalized spacial score (nSPS) is 11.5. The molecule has 2 amide bonds. The molecule has 0 radical (unpaired) electrons. The number of carbonyl (C=O) groups excluding carboxylic acids is 1. The maximum absolute atomic E-state index is 12.2. The molecule has 5 nitrogen and oxygen atoms in total. The molecule has 2 aromatic carbocycles. The molecule has 0 heterocycles. The van der Waals surface area contributed by atoms with Gasteiger partial charge in [0.2, 0.25) is 0 Å². The lowest BCUT2D eigenvalue weighted by atomic mass is 10.1. The molecule has 2 rings (SSSR count). The van der Waals surface area contributed by atoms with Crippen molar-refractivity contribution in [2.24, 2.45) is 0 Å². The van der Waals surface area contributed by atoms with Crippen molar-refractivity contribution in [3.05, 3.63) is 52.0 Å². The summed E-state index contributed by atoms with van der Waals surface area (Å²) in [6.45, 7) is 1.84. The first-order chi connectivity index (χ1) is 11.4. The summed E-state index contributed by atoms with van der Waals surface area (Å²) in [4.78, 5) is 12.2. The first kappa shape index (κ1) is 18.2. The molecule has 2 N–H and O–H groups in total. The van der Waals surface area contributed by atoms with Gasteiger partial charge in [0, 0.05) is 21.8 Å². The fourth-order valence-electron chi connectivity index (χ4n) is 2.21. The number of ether oxygens (including phenoxy) is 2. The number of urea groups is 1. The number of amides is 2. The molecule has 0 aliphatic carbocycles. The first-order valence-corrected chi connectivity index (χ1v) is 7.94. The van der Waals surface area contributed by atoms with Gasteiger partial charge in [-0.3, -0.25) is 0 Å². The Kier molecular flexibility index (Phi) is 6.17. The molecule has 128 valence electrons. The highest BCUT2D eigenvalue weighted by Gasteiger charge is 2.14. The van der Waals surface area contributed by atoms with Crippen LogP contribution >= 0.6 is 23.2 Å². The summed E-state index contributed by atoms with van der Waals surface area (Å²) in [5.41, 5.74) is 1.36. The summed E-state index contributed by atoms with van der Waals surface area (Å²) < 4.78 is 10.4. The summed E-state index contributed by atoms with van der Waals surface area (Å²) in [6, 6.07) is 9.63. The van der Waals surface area contributed by atoms with Gasteiger partial charge in [-0.2, -0.15) is 0 Å². The van der Waals surface area contributed by atoms with E-state index in [4.69, 9.17) is 32.7 Å². The summed E-state index contributed by atoms with van der Waals surface area (Å²) in [5.74, 6) is 1.12. The molecule has 7 heteroatoms. The van der Waals surface area contributed by atoms with E-state index in [1.807, 2.05) is 6.92 Å². The molecule has 1 atom stereocenters. The van der Waals surface area contributed by atoms with E-state index >= 15 is 0 Å². The number of hydrogen-bond donors (Lipinski definition) is 2. The van der Waals surface area contributed by atoms with Crippen molar-refractivity contribution in [2.75, 3.05) is 19.5 Å². The van der Waals surface area contributed by atoms with Crippen LogP contribution < -0.4 is 20.1 Å². The SMILES string of the molecule is COc1ccc(NC(=O)NC(C)c2ccc(Cl)cc2Cl)cc1OC. The topological polar surface area (TPSA) is 59.6 Å². The zero-order chi connectivity index (χ0) is 17.7. The van der Waals surface area contributed by atoms with Crippen LogP contribution in [-0.2, 0) is 0 Å². The van der Waals surface area contributed by atoms with Gasteiger partial charge in [-0.25, -0.2) is 4.79 Å². The summed E-state index contributed by atoms with van der Waals surface area (Å²) in [6.07, 6.45) is 0. The van der Waals surface area contributed by atoms with Crippen LogP contribution in [0.15, 0.2) is 36.4 Å². The third-order valence-corrected chi connectivity index (χ3v) is 3.98. The number of hydrogen-bond acceptors (Lipinski definition) is 3. The third kappa shape index (κ3) is 4.46. The molecule has 2 aromatic rings. The van der Waals surface area contributed by atoms with Gasteiger partial charge in [-0.1, -0.05) is 29.3 Å². The molecule has 0 fully saturated rings. The van der Waals surface area contributed by atoms with E-state index in [-0.39, 0.29) is 12.1 Å². The molecule has 1 unspecified atom stereocenters. The van der Waals surface area contributed by atoms with Crippen molar-refractivity contribution in [2.45, 2.75) is 13.0 Å². The van der Waals surface area contributed by atoms with Crippen molar-refractivity contribution in [3.63, 3.8) is 0 Å². The minimum atomic E-state index is -0.360. The van der Waals surface area contributed by atoms with Gasteiger partial charge in [0.05, 0.1) is 20.3 Å². The Hall–Kier alpha value is -2.11. The van der Waals surface area contributed by atoms with Gasteiger partial charge in [0.25, 0.3) is 0 Å². The Morgan fingerprint density at radius 1 is 1.04 bits per heavy atom. The van der Waals surface area contributed by atoms with Gasteiger partial charge in [-0.05, 0) is 36.8 Å². The van der Waals surface area contributed by atoms with Crippen molar-refractivity contribution in [3.8, 4) is 11.5 Å². The Balaban J connectivity index is 2.05. The molecule has 0 aliphatic rings. The van der Waals surface area contributed by atoms with Crippen LogP contribution in [0.2, 0.25) is 10.0 Å². The van der Waals surface area contributed by atoms with Gasteiger partial charge in [0.1, 0.15) is 0 Å². The lowest BCUT2D eigenvalue weighted by Gasteiger charge is -2.17. The fraction of sp³-hybridized carbons (Fsp3) is 0.235. The number of benzene rings is 2. The van der Waals surface area contributed by atoms with Crippen LogP contribution in [0.25, 0.3) is 0 Å². The van der Waals surface area contributed by atoms with Crippen molar-refractivity contribution < 1.29 is 14.3 Å². The lowest BCUT2D eigenvalue weighted by Crippen LogP contribution is -2.31. The zero-order valence-corrected chi connectivity index (χ0v) is 15.0. The summed E-state index contributed by atoms with van der Waals surface area (Å²) in [7, 11) is 3.08. The monoisotopic (exact) mass is 368 g/mol. The minimum Gasteiger partial charge on any atom is -0.493 e. The number of methoxy groups -OCH3 is 2. The van der Waals surface area contributed by atoms with E-state index < -0.39 is 0 Å². The smallest absolute Gasteiger partial charge is 0.319 e. The first-order valence-electron chi connectivity index (χ1n) is 7.19. The van der Waals surface area contributed by atoms with E-state index in [1.165, 1.54) is 7.11 Å². The number of nitrogens with one attached hydrogen (secondary N) is 2.